The lowest BCUT2D eigenvalue weighted by atomic mass is 10.1. The van der Waals surface area contributed by atoms with Crippen molar-refractivity contribution in [3.8, 4) is 5.69 Å². The number of nitrogens with zero attached hydrogens (tertiary/aromatic N) is 2. The number of aromatic nitrogens is 2. The highest BCUT2D eigenvalue weighted by molar-refractivity contribution is 7.91. The van der Waals surface area contributed by atoms with Crippen molar-refractivity contribution in [3.05, 3.63) is 46.7 Å². The SMILES string of the molecule is O=C(CC1CCS(=O)(=O)C1)NNC(=O)c1cnn(-c2ccc(Cl)cc2)c1C(F)(F)F. The number of carbonyl (C=O) groups is 2. The Labute approximate surface area is 174 Å². The molecule has 8 nitrogen and oxygen atoms in total. The summed E-state index contributed by atoms with van der Waals surface area (Å²) in [4.78, 5) is 24.2. The number of carbonyl (C=O) groups excluding carboxylic acids is 2. The standard InChI is InChI=1S/C17H16ClF3N4O4S/c18-11-1-3-12(4-2-11)25-15(17(19,20)21)13(8-22-25)16(27)24-23-14(26)7-10-5-6-30(28,29)9-10/h1-4,8,10H,5-7,9H2,(H,23,26)(H,24,27). The minimum absolute atomic E-state index is 0.0177. The fraction of sp³-hybridized carbons (Fsp3) is 0.353. The number of nitrogens with one attached hydrogen (secondary N) is 2. The van der Waals surface area contributed by atoms with Gasteiger partial charge in [0.2, 0.25) is 5.91 Å². The third-order valence-corrected chi connectivity index (χ3v) is 6.56. The summed E-state index contributed by atoms with van der Waals surface area (Å²) in [5, 5.41) is 3.96. The monoisotopic (exact) mass is 464 g/mol. The Morgan fingerprint density at radius 2 is 1.87 bits per heavy atom. The van der Waals surface area contributed by atoms with Crippen molar-refractivity contribution in [2.75, 3.05) is 11.5 Å². The maximum atomic E-state index is 13.6. The molecule has 2 amide bonds. The second-order valence-corrected chi connectivity index (χ2v) is 9.43. The van der Waals surface area contributed by atoms with E-state index in [1.165, 1.54) is 24.3 Å². The quantitative estimate of drug-likeness (QED) is 0.673. The summed E-state index contributed by atoms with van der Waals surface area (Å²) in [7, 11) is -3.18. The molecule has 1 fully saturated rings. The van der Waals surface area contributed by atoms with Crippen molar-refractivity contribution in [2.45, 2.75) is 19.0 Å². The predicted octanol–water partition coefficient (Wildman–Crippen LogP) is 2.13. The molecule has 0 aliphatic carbocycles. The highest BCUT2D eigenvalue weighted by Gasteiger charge is 2.40. The molecule has 0 radical (unpaired) electrons. The molecular weight excluding hydrogens is 449 g/mol. The van der Waals surface area contributed by atoms with Gasteiger partial charge in [-0.3, -0.25) is 20.4 Å². The van der Waals surface area contributed by atoms with E-state index >= 15 is 0 Å². The molecule has 0 spiro atoms. The number of rotatable bonds is 4. The third kappa shape index (κ3) is 5.11. The molecule has 1 saturated heterocycles. The summed E-state index contributed by atoms with van der Waals surface area (Å²) in [5.74, 6) is -2.47. The van der Waals surface area contributed by atoms with E-state index in [1.807, 2.05) is 10.9 Å². The van der Waals surface area contributed by atoms with Crippen LogP contribution in [0.1, 0.15) is 28.9 Å². The van der Waals surface area contributed by atoms with Gasteiger partial charge in [0.05, 0.1) is 29.0 Å². The minimum Gasteiger partial charge on any atom is -0.273 e. The predicted molar refractivity (Wildman–Crippen MR) is 101 cm³/mol. The normalized spacial score (nSPS) is 18.2. The Bertz CT molecular complexity index is 1070. The number of hydrazine groups is 1. The van der Waals surface area contributed by atoms with Crippen LogP contribution >= 0.6 is 11.6 Å². The van der Waals surface area contributed by atoms with Gasteiger partial charge in [-0.25, -0.2) is 13.1 Å². The van der Waals surface area contributed by atoms with Gasteiger partial charge >= 0.3 is 6.18 Å². The molecule has 2 N–H and O–H groups in total. The van der Waals surface area contributed by atoms with E-state index in [0.717, 1.165) is 6.20 Å². The molecule has 2 heterocycles. The van der Waals surface area contributed by atoms with Gasteiger partial charge in [0.25, 0.3) is 5.91 Å². The number of hydrogen-bond donors (Lipinski definition) is 2. The van der Waals surface area contributed by atoms with Crippen LogP contribution in [-0.2, 0) is 20.8 Å². The molecule has 1 aromatic heterocycles. The second-order valence-electron chi connectivity index (χ2n) is 6.77. The Morgan fingerprint density at radius 3 is 2.43 bits per heavy atom. The van der Waals surface area contributed by atoms with E-state index in [1.54, 1.807) is 0 Å². The van der Waals surface area contributed by atoms with Crippen molar-refractivity contribution in [1.29, 1.82) is 0 Å². The number of amides is 2. The number of benzene rings is 1. The van der Waals surface area contributed by atoms with Crippen LogP contribution < -0.4 is 10.9 Å². The van der Waals surface area contributed by atoms with E-state index in [0.29, 0.717) is 16.1 Å². The average molecular weight is 465 g/mol. The van der Waals surface area contributed by atoms with E-state index in [2.05, 4.69) is 5.10 Å². The molecule has 1 unspecified atom stereocenters. The summed E-state index contributed by atoms with van der Waals surface area (Å²) in [6.07, 6.45) is -4.03. The van der Waals surface area contributed by atoms with Crippen molar-refractivity contribution in [2.24, 2.45) is 5.92 Å². The Balaban J connectivity index is 1.73. The molecule has 2 aromatic rings. The van der Waals surface area contributed by atoms with Crippen molar-refractivity contribution >= 4 is 33.3 Å². The summed E-state index contributed by atoms with van der Waals surface area (Å²) in [5.41, 5.74) is 1.86. The Morgan fingerprint density at radius 1 is 1.20 bits per heavy atom. The third-order valence-electron chi connectivity index (χ3n) is 4.47. The molecule has 1 aliphatic heterocycles. The fourth-order valence-corrected chi connectivity index (χ4v) is 5.09. The van der Waals surface area contributed by atoms with Crippen LogP contribution in [0.4, 0.5) is 13.2 Å². The van der Waals surface area contributed by atoms with Crippen molar-refractivity contribution in [1.82, 2.24) is 20.6 Å². The van der Waals surface area contributed by atoms with Gasteiger partial charge < -0.3 is 0 Å². The van der Waals surface area contributed by atoms with Gasteiger partial charge in [-0.1, -0.05) is 11.6 Å². The van der Waals surface area contributed by atoms with E-state index < -0.39 is 45.0 Å². The first-order chi connectivity index (χ1) is 14.0. The summed E-state index contributed by atoms with van der Waals surface area (Å²) >= 11 is 5.74. The fourth-order valence-electron chi connectivity index (χ4n) is 3.11. The zero-order valence-corrected chi connectivity index (χ0v) is 16.8. The van der Waals surface area contributed by atoms with E-state index in [9.17, 15) is 31.2 Å². The lowest BCUT2D eigenvalue weighted by Gasteiger charge is -2.13. The van der Waals surface area contributed by atoms with Crippen LogP contribution in [0.25, 0.3) is 5.69 Å². The van der Waals surface area contributed by atoms with Gasteiger partial charge in [0.1, 0.15) is 0 Å². The van der Waals surface area contributed by atoms with Crippen LogP contribution in [0.5, 0.6) is 0 Å². The lowest BCUT2D eigenvalue weighted by Crippen LogP contribution is -2.42. The van der Waals surface area contributed by atoms with Gasteiger partial charge in [-0.05, 0) is 36.6 Å². The number of alkyl halides is 3. The average Bonchev–Trinajstić information content (AvgIpc) is 3.23. The molecule has 30 heavy (non-hydrogen) atoms. The van der Waals surface area contributed by atoms with Crippen LogP contribution in [-0.4, -0.2) is 41.5 Å². The topological polar surface area (TPSA) is 110 Å². The second kappa shape index (κ2) is 8.26. The summed E-state index contributed by atoms with van der Waals surface area (Å²) in [6.45, 7) is 0. The van der Waals surface area contributed by atoms with Crippen LogP contribution in [0.15, 0.2) is 30.5 Å². The highest BCUT2D eigenvalue weighted by Crippen LogP contribution is 2.33. The zero-order valence-electron chi connectivity index (χ0n) is 15.2. The molecule has 1 aromatic carbocycles. The Kier molecular flexibility index (Phi) is 6.09. The van der Waals surface area contributed by atoms with Crippen LogP contribution in [0.2, 0.25) is 5.02 Å². The van der Waals surface area contributed by atoms with Gasteiger partial charge in [-0.15, -0.1) is 0 Å². The van der Waals surface area contributed by atoms with E-state index in [4.69, 9.17) is 11.6 Å². The maximum Gasteiger partial charge on any atom is 0.434 e. The summed E-state index contributed by atoms with van der Waals surface area (Å²) in [6, 6.07) is 5.37. The first-order valence-electron chi connectivity index (χ1n) is 8.67. The van der Waals surface area contributed by atoms with Crippen molar-refractivity contribution < 1.29 is 31.2 Å². The van der Waals surface area contributed by atoms with Gasteiger partial charge in [0, 0.05) is 11.4 Å². The lowest BCUT2D eigenvalue weighted by molar-refractivity contribution is -0.143. The molecule has 0 bridgehead atoms. The number of sulfone groups is 1. The van der Waals surface area contributed by atoms with Crippen LogP contribution in [0.3, 0.4) is 0 Å². The molecule has 1 atom stereocenters. The maximum absolute atomic E-state index is 13.6. The molecular formula is C17H16ClF3N4O4S. The minimum atomic E-state index is -4.91. The summed E-state index contributed by atoms with van der Waals surface area (Å²) < 4.78 is 64.2. The van der Waals surface area contributed by atoms with Crippen LogP contribution in [0, 0.1) is 5.92 Å². The van der Waals surface area contributed by atoms with Crippen molar-refractivity contribution in [3.63, 3.8) is 0 Å². The number of halogens is 4. The highest BCUT2D eigenvalue weighted by atomic mass is 35.5. The molecule has 3 rings (SSSR count). The number of hydrogen-bond acceptors (Lipinski definition) is 5. The first kappa shape index (κ1) is 22.1. The molecule has 1 aliphatic rings. The van der Waals surface area contributed by atoms with E-state index in [-0.39, 0.29) is 23.6 Å². The van der Waals surface area contributed by atoms with Gasteiger partial charge in [-0.2, -0.15) is 18.3 Å². The zero-order chi connectivity index (χ0) is 22.1. The first-order valence-corrected chi connectivity index (χ1v) is 10.9. The largest absolute Gasteiger partial charge is 0.434 e. The molecule has 13 heteroatoms. The smallest absolute Gasteiger partial charge is 0.273 e. The molecule has 162 valence electrons. The Hall–Kier alpha value is -2.60. The van der Waals surface area contributed by atoms with Gasteiger partial charge in [0.15, 0.2) is 15.5 Å². The molecule has 0 saturated carbocycles.